The minimum Gasteiger partial charge on any atom is -0.384 e. The van der Waals surface area contributed by atoms with Gasteiger partial charge in [-0.3, -0.25) is 9.36 Å². The Labute approximate surface area is 185 Å². The molecule has 0 saturated heterocycles. The molecule has 6 nitrogen and oxygen atoms in total. The number of para-hydroxylation sites is 2. The van der Waals surface area contributed by atoms with E-state index in [9.17, 15) is 4.79 Å². The van der Waals surface area contributed by atoms with E-state index in [0.717, 1.165) is 22.3 Å². The maximum absolute atomic E-state index is 13.4. The summed E-state index contributed by atoms with van der Waals surface area (Å²) in [6, 6.07) is 21.3. The third kappa shape index (κ3) is 3.26. The summed E-state index contributed by atoms with van der Waals surface area (Å²) in [4.78, 5) is 23.0. The number of carbonyl (C=O) groups is 1. The second-order valence-corrected chi connectivity index (χ2v) is 8.07. The molecule has 0 aliphatic rings. The van der Waals surface area contributed by atoms with Crippen LogP contribution in [0.5, 0.6) is 0 Å². The zero-order valence-electron chi connectivity index (χ0n) is 18.2. The molecular formula is C26H23N5O. The molecule has 0 saturated carbocycles. The third-order valence-corrected chi connectivity index (χ3v) is 5.75. The predicted octanol–water partition coefficient (Wildman–Crippen LogP) is 5.33. The standard InChI is InChI=1S/C26H23N5O/c1-15-7-6-8-18(13-15)28-26(32)22-23-25(30-21-10-5-4-9-20(21)29-23)31(24(22)27)19-12-11-16(2)17(3)14-19/h4-14H,27H2,1-3H3,(H,28,32). The number of nitrogens with two attached hydrogens (primary N) is 1. The van der Waals surface area contributed by atoms with Crippen LogP contribution >= 0.6 is 0 Å². The van der Waals surface area contributed by atoms with Gasteiger partial charge in [0, 0.05) is 11.4 Å². The molecule has 2 aromatic heterocycles. The summed E-state index contributed by atoms with van der Waals surface area (Å²) in [5.74, 6) is -0.00558. The third-order valence-electron chi connectivity index (χ3n) is 5.75. The molecule has 0 unspecified atom stereocenters. The minimum atomic E-state index is -0.315. The van der Waals surface area contributed by atoms with Gasteiger partial charge in [0.25, 0.3) is 5.91 Å². The maximum atomic E-state index is 13.4. The maximum Gasteiger partial charge on any atom is 0.261 e. The van der Waals surface area contributed by atoms with Crippen LogP contribution < -0.4 is 11.1 Å². The smallest absolute Gasteiger partial charge is 0.261 e. The van der Waals surface area contributed by atoms with Gasteiger partial charge in [0.15, 0.2) is 5.65 Å². The molecule has 6 heteroatoms. The van der Waals surface area contributed by atoms with E-state index >= 15 is 0 Å². The van der Waals surface area contributed by atoms with Crippen LogP contribution in [-0.2, 0) is 0 Å². The monoisotopic (exact) mass is 421 g/mol. The quantitative estimate of drug-likeness (QED) is 0.412. The van der Waals surface area contributed by atoms with Crippen molar-refractivity contribution in [3.8, 4) is 5.69 Å². The number of anilines is 2. The highest BCUT2D eigenvalue weighted by molar-refractivity contribution is 6.16. The van der Waals surface area contributed by atoms with Gasteiger partial charge in [0.2, 0.25) is 0 Å². The first-order chi connectivity index (χ1) is 15.4. The topological polar surface area (TPSA) is 85.8 Å². The SMILES string of the molecule is Cc1cccc(NC(=O)c2c(N)n(-c3ccc(C)c(C)c3)c3nc4ccccc4nc23)c1. The lowest BCUT2D eigenvalue weighted by Gasteiger charge is -2.10. The Kier molecular flexibility index (Phi) is 4.63. The van der Waals surface area contributed by atoms with Gasteiger partial charge >= 0.3 is 0 Å². The lowest BCUT2D eigenvalue weighted by molar-refractivity contribution is 0.102. The van der Waals surface area contributed by atoms with Crippen molar-refractivity contribution in [1.82, 2.24) is 14.5 Å². The van der Waals surface area contributed by atoms with Gasteiger partial charge in [-0.2, -0.15) is 0 Å². The number of aromatic nitrogens is 3. The van der Waals surface area contributed by atoms with E-state index in [0.29, 0.717) is 33.7 Å². The van der Waals surface area contributed by atoms with Crippen LogP contribution in [0.4, 0.5) is 11.5 Å². The summed E-state index contributed by atoms with van der Waals surface area (Å²) in [5, 5.41) is 2.97. The van der Waals surface area contributed by atoms with Crippen LogP contribution in [0, 0.1) is 20.8 Å². The Balaban J connectivity index is 1.76. The Morgan fingerprint density at radius 3 is 2.34 bits per heavy atom. The molecule has 0 spiro atoms. The summed E-state index contributed by atoms with van der Waals surface area (Å²) in [5.41, 5.74) is 14.3. The fraction of sp³-hybridized carbons (Fsp3) is 0.115. The van der Waals surface area contributed by atoms with E-state index in [2.05, 4.69) is 12.2 Å². The first kappa shape index (κ1) is 19.8. The molecule has 32 heavy (non-hydrogen) atoms. The Morgan fingerprint density at radius 1 is 0.875 bits per heavy atom. The van der Waals surface area contributed by atoms with E-state index in [1.54, 1.807) is 0 Å². The molecule has 2 heterocycles. The molecule has 3 N–H and O–H groups in total. The molecule has 3 aromatic carbocycles. The second-order valence-electron chi connectivity index (χ2n) is 8.07. The van der Waals surface area contributed by atoms with Crippen molar-refractivity contribution in [1.29, 1.82) is 0 Å². The van der Waals surface area contributed by atoms with Crippen molar-refractivity contribution in [2.75, 3.05) is 11.1 Å². The zero-order chi connectivity index (χ0) is 22.4. The van der Waals surface area contributed by atoms with Crippen LogP contribution in [0.25, 0.3) is 27.9 Å². The number of nitrogens with zero attached hydrogens (tertiary/aromatic N) is 3. The summed E-state index contributed by atoms with van der Waals surface area (Å²) in [6.45, 7) is 6.09. The Morgan fingerprint density at radius 2 is 1.62 bits per heavy atom. The van der Waals surface area contributed by atoms with Crippen molar-refractivity contribution < 1.29 is 4.79 Å². The van der Waals surface area contributed by atoms with Crippen molar-refractivity contribution in [2.45, 2.75) is 20.8 Å². The number of amides is 1. The fourth-order valence-electron chi connectivity index (χ4n) is 3.93. The molecular weight excluding hydrogens is 398 g/mol. The molecule has 0 aliphatic carbocycles. The Hall–Kier alpha value is -4.19. The van der Waals surface area contributed by atoms with Gasteiger partial charge < -0.3 is 11.1 Å². The van der Waals surface area contributed by atoms with E-state index in [4.69, 9.17) is 15.7 Å². The van der Waals surface area contributed by atoms with Crippen molar-refractivity contribution in [3.05, 3.63) is 89.0 Å². The molecule has 0 aliphatic heterocycles. The highest BCUT2D eigenvalue weighted by Crippen LogP contribution is 2.32. The van der Waals surface area contributed by atoms with Crippen LogP contribution in [0.2, 0.25) is 0 Å². The number of carbonyl (C=O) groups excluding carboxylic acids is 1. The number of nitrogen functional groups attached to an aromatic ring is 1. The van der Waals surface area contributed by atoms with Crippen molar-refractivity contribution in [3.63, 3.8) is 0 Å². The summed E-state index contributed by atoms with van der Waals surface area (Å²) < 4.78 is 1.81. The molecule has 0 radical (unpaired) electrons. The number of hydrogen-bond donors (Lipinski definition) is 2. The number of fused-ring (bicyclic) bond motifs is 2. The summed E-state index contributed by atoms with van der Waals surface area (Å²) in [7, 11) is 0. The van der Waals surface area contributed by atoms with Gasteiger partial charge in [0.05, 0.1) is 11.0 Å². The second kappa shape index (κ2) is 7.50. The largest absolute Gasteiger partial charge is 0.384 e. The molecule has 1 amide bonds. The number of rotatable bonds is 3. The first-order valence-electron chi connectivity index (χ1n) is 10.4. The predicted molar refractivity (Wildman–Crippen MR) is 129 cm³/mol. The number of nitrogens with one attached hydrogen (secondary N) is 1. The zero-order valence-corrected chi connectivity index (χ0v) is 18.2. The van der Waals surface area contributed by atoms with Crippen LogP contribution in [-0.4, -0.2) is 20.4 Å². The Bertz CT molecular complexity index is 1520. The van der Waals surface area contributed by atoms with Crippen LogP contribution in [0.1, 0.15) is 27.0 Å². The lowest BCUT2D eigenvalue weighted by atomic mass is 10.1. The van der Waals surface area contributed by atoms with Gasteiger partial charge in [0.1, 0.15) is 16.9 Å². The number of benzene rings is 3. The lowest BCUT2D eigenvalue weighted by Crippen LogP contribution is -2.14. The van der Waals surface area contributed by atoms with Gasteiger partial charge in [-0.15, -0.1) is 0 Å². The van der Waals surface area contributed by atoms with E-state index in [1.165, 1.54) is 5.56 Å². The van der Waals surface area contributed by atoms with Crippen LogP contribution in [0.15, 0.2) is 66.7 Å². The van der Waals surface area contributed by atoms with Crippen molar-refractivity contribution >= 4 is 39.6 Å². The molecule has 0 fully saturated rings. The molecule has 0 atom stereocenters. The summed E-state index contributed by atoms with van der Waals surface area (Å²) in [6.07, 6.45) is 0. The van der Waals surface area contributed by atoms with E-state index in [1.807, 2.05) is 85.1 Å². The number of hydrogen-bond acceptors (Lipinski definition) is 4. The van der Waals surface area contributed by atoms with Crippen molar-refractivity contribution in [2.24, 2.45) is 0 Å². The summed E-state index contributed by atoms with van der Waals surface area (Å²) >= 11 is 0. The van der Waals surface area contributed by atoms with E-state index < -0.39 is 0 Å². The molecule has 158 valence electrons. The highest BCUT2D eigenvalue weighted by Gasteiger charge is 2.25. The highest BCUT2D eigenvalue weighted by atomic mass is 16.1. The average molecular weight is 422 g/mol. The van der Waals surface area contributed by atoms with E-state index in [-0.39, 0.29) is 5.91 Å². The molecule has 0 bridgehead atoms. The first-order valence-corrected chi connectivity index (χ1v) is 10.4. The fourth-order valence-corrected chi connectivity index (χ4v) is 3.93. The molecule has 5 rings (SSSR count). The van der Waals surface area contributed by atoms with Gasteiger partial charge in [-0.25, -0.2) is 9.97 Å². The average Bonchev–Trinajstić information content (AvgIpc) is 3.05. The normalized spacial score (nSPS) is 11.2. The number of aryl methyl sites for hydroxylation is 3. The van der Waals surface area contributed by atoms with Gasteiger partial charge in [-0.05, 0) is 73.9 Å². The molecule has 5 aromatic rings. The van der Waals surface area contributed by atoms with Crippen LogP contribution in [0.3, 0.4) is 0 Å². The minimum absolute atomic E-state index is 0.309. The van der Waals surface area contributed by atoms with Gasteiger partial charge in [-0.1, -0.05) is 30.3 Å².